The van der Waals surface area contributed by atoms with Crippen LogP contribution in [0.5, 0.6) is 5.75 Å². The van der Waals surface area contributed by atoms with Gasteiger partial charge >= 0.3 is 5.97 Å². The fourth-order valence-electron chi connectivity index (χ4n) is 4.93. The maximum absolute atomic E-state index is 13.7. The summed E-state index contributed by atoms with van der Waals surface area (Å²) < 4.78 is 11.4. The third kappa shape index (κ3) is 5.85. The molecule has 0 saturated carbocycles. The van der Waals surface area contributed by atoms with Crippen LogP contribution in [0.15, 0.2) is 53.9 Å². The standard InChI is InChI=1S/C31H34N4O4S/c1-5-27(29(36)34-31-33-26(18-40-31)20-11-13-21(14-12-20)38-6-2)39-30(37)28-22-9-7-8-10-24(22)32-25-15-16-35(19(3)4)17-23(25)28/h7-14,18-19,27H,5-6,15-17H2,1-4H3,(H,33,34,36). The molecule has 1 N–H and O–H groups in total. The van der Waals surface area contributed by atoms with Crippen LogP contribution in [0, 0.1) is 0 Å². The molecule has 0 bridgehead atoms. The van der Waals surface area contributed by atoms with Crippen LogP contribution in [0.3, 0.4) is 0 Å². The zero-order chi connectivity index (χ0) is 28.2. The molecule has 1 aliphatic rings. The normalized spacial score (nSPS) is 14.1. The Balaban J connectivity index is 1.34. The van der Waals surface area contributed by atoms with Gasteiger partial charge in [-0.2, -0.15) is 0 Å². The molecule has 1 amide bonds. The monoisotopic (exact) mass is 558 g/mol. The van der Waals surface area contributed by atoms with Gasteiger partial charge in [-0.25, -0.2) is 9.78 Å². The molecule has 2 aromatic heterocycles. The number of aromatic nitrogens is 2. The SMILES string of the molecule is CCOc1ccc(-c2csc(NC(=O)C(CC)OC(=O)c3c4c(nc5ccccc35)CCN(C(C)C)C4)n2)cc1. The van der Waals surface area contributed by atoms with Crippen LogP contribution in [-0.2, 0) is 22.5 Å². The van der Waals surface area contributed by atoms with E-state index in [0.717, 1.165) is 52.1 Å². The maximum Gasteiger partial charge on any atom is 0.340 e. The highest BCUT2D eigenvalue weighted by molar-refractivity contribution is 7.14. The fourth-order valence-corrected chi connectivity index (χ4v) is 5.66. The number of para-hydroxylation sites is 1. The molecule has 4 aromatic rings. The number of pyridine rings is 1. The van der Waals surface area contributed by atoms with Crippen molar-refractivity contribution in [3.05, 3.63) is 70.7 Å². The van der Waals surface area contributed by atoms with Crippen LogP contribution in [0.4, 0.5) is 5.13 Å². The first kappa shape index (κ1) is 27.7. The Bertz CT molecular complexity index is 1520. The van der Waals surface area contributed by atoms with Crippen molar-refractivity contribution in [1.82, 2.24) is 14.9 Å². The molecular formula is C31H34N4O4S. The van der Waals surface area contributed by atoms with Crippen molar-refractivity contribution in [1.29, 1.82) is 0 Å². The summed E-state index contributed by atoms with van der Waals surface area (Å²) in [5.41, 5.74) is 4.74. The number of hydrogen-bond acceptors (Lipinski definition) is 8. The van der Waals surface area contributed by atoms with Crippen molar-refractivity contribution in [2.24, 2.45) is 0 Å². The lowest BCUT2D eigenvalue weighted by Gasteiger charge is -2.32. The number of anilines is 1. The van der Waals surface area contributed by atoms with Gasteiger partial charge in [0, 0.05) is 53.1 Å². The van der Waals surface area contributed by atoms with Gasteiger partial charge in [0.25, 0.3) is 5.91 Å². The predicted molar refractivity (Wildman–Crippen MR) is 158 cm³/mol. The van der Waals surface area contributed by atoms with Gasteiger partial charge in [-0.1, -0.05) is 25.1 Å². The number of carbonyl (C=O) groups is 2. The number of amides is 1. The second-order valence-corrected chi connectivity index (χ2v) is 10.9. The van der Waals surface area contributed by atoms with Gasteiger partial charge < -0.3 is 9.47 Å². The smallest absolute Gasteiger partial charge is 0.340 e. The van der Waals surface area contributed by atoms with Crippen molar-refractivity contribution in [3.8, 4) is 17.0 Å². The Morgan fingerprint density at radius 2 is 1.85 bits per heavy atom. The van der Waals surface area contributed by atoms with Crippen LogP contribution in [-0.4, -0.2) is 52.0 Å². The zero-order valence-electron chi connectivity index (χ0n) is 23.3. The molecule has 2 aromatic carbocycles. The molecule has 0 spiro atoms. The average Bonchev–Trinajstić information content (AvgIpc) is 3.43. The lowest BCUT2D eigenvalue weighted by molar-refractivity contribution is -0.124. The van der Waals surface area contributed by atoms with Crippen LogP contribution in [0.1, 0.15) is 55.7 Å². The van der Waals surface area contributed by atoms with Crippen LogP contribution >= 0.6 is 11.3 Å². The van der Waals surface area contributed by atoms with Gasteiger partial charge in [-0.05, 0) is 57.5 Å². The Kier molecular flexibility index (Phi) is 8.42. The number of hydrogen-bond donors (Lipinski definition) is 1. The summed E-state index contributed by atoms with van der Waals surface area (Å²) in [6, 6.07) is 15.6. The van der Waals surface area contributed by atoms with E-state index in [4.69, 9.17) is 14.5 Å². The number of nitrogens with one attached hydrogen (secondary N) is 1. The Morgan fingerprint density at radius 3 is 2.58 bits per heavy atom. The number of thiazole rings is 1. The summed E-state index contributed by atoms with van der Waals surface area (Å²) in [5, 5.41) is 5.91. The molecule has 5 rings (SSSR count). The number of rotatable bonds is 9. The minimum Gasteiger partial charge on any atom is -0.494 e. The number of fused-ring (bicyclic) bond motifs is 2. The summed E-state index contributed by atoms with van der Waals surface area (Å²) in [6.07, 6.45) is 0.132. The molecule has 0 radical (unpaired) electrons. The van der Waals surface area contributed by atoms with E-state index in [1.165, 1.54) is 11.3 Å². The van der Waals surface area contributed by atoms with E-state index in [1.54, 1.807) is 0 Å². The summed E-state index contributed by atoms with van der Waals surface area (Å²) in [6.45, 7) is 10.2. The first-order valence-electron chi connectivity index (χ1n) is 13.7. The summed E-state index contributed by atoms with van der Waals surface area (Å²) in [7, 11) is 0. The first-order chi connectivity index (χ1) is 19.4. The number of nitrogens with zero attached hydrogens (tertiary/aromatic N) is 3. The Labute approximate surface area is 238 Å². The zero-order valence-corrected chi connectivity index (χ0v) is 24.1. The van der Waals surface area contributed by atoms with Crippen molar-refractivity contribution in [3.63, 3.8) is 0 Å². The lowest BCUT2D eigenvalue weighted by atomic mass is 9.95. The van der Waals surface area contributed by atoms with Gasteiger partial charge in [0.1, 0.15) is 5.75 Å². The predicted octanol–water partition coefficient (Wildman–Crippen LogP) is 6.10. The third-order valence-electron chi connectivity index (χ3n) is 7.12. The lowest BCUT2D eigenvalue weighted by Crippen LogP contribution is -2.38. The molecular weight excluding hydrogens is 524 g/mol. The molecule has 1 atom stereocenters. The average molecular weight is 559 g/mol. The summed E-state index contributed by atoms with van der Waals surface area (Å²) in [5.74, 6) is -0.112. The molecule has 0 fully saturated rings. The van der Waals surface area contributed by atoms with E-state index >= 15 is 0 Å². The highest BCUT2D eigenvalue weighted by Crippen LogP contribution is 2.31. The molecule has 208 valence electrons. The summed E-state index contributed by atoms with van der Waals surface area (Å²) in [4.78, 5) is 38.7. The van der Waals surface area contributed by atoms with Crippen LogP contribution in [0.2, 0.25) is 0 Å². The van der Waals surface area contributed by atoms with Crippen LogP contribution < -0.4 is 10.1 Å². The number of benzene rings is 2. The topological polar surface area (TPSA) is 93.6 Å². The van der Waals surface area contributed by atoms with E-state index in [9.17, 15) is 9.59 Å². The minimum absolute atomic E-state index is 0.331. The summed E-state index contributed by atoms with van der Waals surface area (Å²) >= 11 is 1.33. The van der Waals surface area contributed by atoms with E-state index in [2.05, 4.69) is 29.0 Å². The van der Waals surface area contributed by atoms with Crippen LogP contribution in [0.25, 0.3) is 22.2 Å². The maximum atomic E-state index is 13.7. The van der Waals surface area contributed by atoms with Gasteiger partial charge in [-0.3, -0.25) is 20.0 Å². The fraction of sp³-hybridized carbons (Fsp3) is 0.355. The second kappa shape index (κ2) is 12.1. The number of carbonyl (C=O) groups excluding carboxylic acids is 2. The second-order valence-electron chi connectivity index (χ2n) is 10.0. The quantitative estimate of drug-likeness (QED) is 0.248. The minimum atomic E-state index is -0.960. The highest BCUT2D eigenvalue weighted by Gasteiger charge is 2.30. The van der Waals surface area contributed by atoms with E-state index in [-0.39, 0.29) is 0 Å². The Morgan fingerprint density at radius 1 is 1.07 bits per heavy atom. The first-order valence-corrected chi connectivity index (χ1v) is 14.6. The van der Waals surface area contributed by atoms with E-state index in [1.807, 2.05) is 67.8 Å². The van der Waals surface area contributed by atoms with Crippen molar-refractivity contribution < 1.29 is 19.1 Å². The van der Waals surface area contributed by atoms with Gasteiger partial charge in [0.05, 0.1) is 23.4 Å². The molecule has 0 aliphatic carbocycles. The van der Waals surface area contributed by atoms with Gasteiger partial charge in [-0.15, -0.1) is 11.3 Å². The van der Waals surface area contributed by atoms with Crippen molar-refractivity contribution in [2.45, 2.75) is 59.2 Å². The molecule has 0 saturated heterocycles. The molecule has 1 aliphatic heterocycles. The van der Waals surface area contributed by atoms with Crippen molar-refractivity contribution >= 4 is 39.2 Å². The van der Waals surface area contributed by atoms with Gasteiger partial charge in [0.2, 0.25) is 0 Å². The molecule has 40 heavy (non-hydrogen) atoms. The Hall–Kier alpha value is -3.82. The molecule has 9 heteroatoms. The highest BCUT2D eigenvalue weighted by atomic mass is 32.1. The van der Waals surface area contributed by atoms with Gasteiger partial charge in [0.15, 0.2) is 11.2 Å². The number of esters is 1. The van der Waals surface area contributed by atoms with E-state index in [0.29, 0.717) is 36.3 Å². The van der Waals surface area contributed by atoms with E-state index < -0.39 is 18.0 Å². The largest absolute Gasteiger partial charge is 0.494 e. The molecule has 1 unspecified atom stereocenters. The van der Waals surface area contributed by atoms with Crippen molar-refractivity contribution in [2.75, 3.05) is 18.5 Å². The molecule has 8 nitrogen and oxygen atoms in total. The third-order valence-corrected chi connectivity index (χ3v) is 7.88. The number of ether oxygens (including phenoxy) is 2. The molecule has 3 heterocycles.